The molecule has 0 aromatic carbocycles. The molecule has 1 aliphatic rings. The molecule has 1 heterocycles. The standard InChI is InChI=1S/C5H10N4O/c10-2-1-8-9-4-6-3-7-5-9/h3-4,8,10H,1-2,5H2. The molecule has 0 bridgehead atoms. The minimum Gasteiger partial charge on any atom is -0.395 e. The van der Waals surface area contributed by atoms with Gasteiger partial charge in [-0.15, -0.1) is 0 Å². The van der Waals surface area contributed by atoms with Crippen molar-refractivity contribution < 1.29 is 5.11 Å². The van der Waals surface area contributed by atoms with Crippen LogP contribution < -0.4 is 5.43 Å². The molecule has 0 saturated heterocycles. The van der Waals surface area contributed by atoms with Gasteiger partial charge in [0.15, 0.2) is 0 Å². The Morgan fingerprint density at radius 3 is 3.20 bits per heavy atom. The molecule has 0 unspecified atom stereocenters. The maximum atomic E-state index is 8.42. The van der Waals surface area contributed by atoms with Gasteiger partial charge in [0.05, 0.1) is 6.61 Å². The number of aliphatic hydroxyl groups excluding tert-OH is 1. The first kappa shape index (κ1) is 7.17. The summed E-state index contributed by atoms with van der Waals surface area (Å²) in [6.07, 6.45) is 3.12. The van der Waals surface area contributed by atoms with E-state index in [0.717, 1.165) is 0 Å². The monoisotopic (exact) mass is 142 g/mol. The van der Waals surface area contributed by atoms with E-state index in [9.17, 15) is 0 Å². The van der Waals surface area contributed by atoms with Crippen LogP contribution in [0.5, 0.6) is 0 Å². The van der Waals surface area contributed by atoms with Crippen LogP contribution in [0.4, 0.5) is 0 Å². The Hall–Kier alpha value is -0.940. The number of hydrazine groups is 1. The van der Waals surface area contributed by atoms with Crippen LogP contribution in [0, 0.1) is 0 Å². The highest BCUT2D eigenvalue weighted by molar-refractivity contribution is 5.72. The molecular formula is C5H10N4O. The van der Waals surface area contributed by atoms with Gasteiger partial charge >= 0.3 is 0 Å². The van der Waals surface area contributed by atoms with Crippen molar-refractivity contribution in [1.29, 1.82) is 0 Å². The summed E-state index contributed by atoms with van der Waals surface area (Å²) < 4.78 is 0. The molecular weight excluding hydrogens is 132 g/mol. The van der Waals surface area contributed by atoms with Gasteiger partial charge in [0, 0.05) is 6.54 Å². The fourth-order valence-electron chi connectivity index (χ4n) is 0.603. The fraction of sp³-hybridized carbons (Fsp3) is 0.600. The Labute approximate surface area is 59.1 Å². The van der Waals surface area contributed by atoms with Gasteiger partial charge in [-0.3, -0.25) is 10.0 Å². The lowest BCUT2D eigenvalue weighted by Gasteiger charge is -2.18. The molecule has 10 heavy (non-hydrogen) atoms. The van der Waals surface area contributed by atoms with Crippen molar-refractivity contribution in [2.45, 2.75) is 0 Å². The molecule has 1 aliphatic heterocycles. The van der Waals surface area contributed by atoms with Crippen molar-refractivity contribution in [2.24, 2.45) is 9.98 Å². The lowest BCUT2D eigenvalue weighted by Crippen LogP contribution is -2.39. The zero-order valence-electron chi connectivity index (χ0n) is 5.56. The molecule has 0 aromatic rings. The van der Waals surface area contributed by atoms with E-state index >= 15 is 0 Å². The zero-order valence-corrected chi connectivity index (χ0v) is 5.56. The molecule has 0 atom stereocenters. The minimum atomic E-state index is 0.119. The average Bonchev–Trinajstić information content (AvgIpc) is 2.03. The van der Waals surface area contributed by atoms with Gasteiger partial charge in [0.1, 0.15) is 19.3 Å². The van der Waals surface area contributed by atoms with Gasteiger partial charge in [-0.05, 0) is 0 Å². The molecule has 5 heteroatoms. The SMILES string of the molecule is OCCNN1C=NC=NC1. The number of nitrogens with zero attached hydrogens (tertiary/aromatic N) is 3. The molecule has 0 radical (unpaired) electrons. The second-order valence-corrected chi connectivity index (χ2v) is 1.81. The molecule has 0 aromatic heterocycles. The maximum absolute atomic E-state index is 8.42. The van der Waals surface area contributed by atoms with E-state index in [1.165, 1.54) is 6.34 Å². The normalized spacial score (nSPS) is 16.3. The highest BCUT2D eigenvalue weighted by Gasteiger charge is 1.97. The summed E-state index contributed by atoms with van der Waals surface area (Å²) >= 11 is 0. The summed E-state index contributed by atoms with van der Waals surface area (Å²) in [5.41, 5.74) is 2.89. The summed E-state index contributed by atoms with van der Waals surface area (Å²) in [4.78, 5) is 7.65. The van der Waals surface area contributed by atoms with Crippen molar-refractivity contribution in [2.75, 3.05) is 19.8 Å². The highest BCUT2D eigenvalue weighted by Crippen LogP contribution is 1.82. The van der Waals surface area contributed by atoms with E-state index < -0.39 is 0 Å². The topological polar surface area (TPSA) is 60.2 Å². The Morgan fingerprint density at radius 1 is 1.70 bits per heavy atom. The second-order valence-electron chi connectivity index (χ2n) is 1.81. The number of hydrogen-bond donors (Lipinski definition) is 2. The van der Waals surface area contributed by atoms with Gasteiger partial charge in [-0.2, -0.15) is 0 Å². The van der Waals surface area contributed by atoms with E-state index in [1.54, 1.807) is 11.3 Å². The molecule has 0 amide bonds. The van der Waals surface area contributed by atoms with Gasteiger partial charge in [0.2, 0.25) is 0 Å². The Morgan fingerprint density at radius 2 is 2.60 bits per heavy atom. The molecule has 2 N–H and O–H groups in total. The number of nitrogens with one attached hydrogen (secondary N) is 1. The molecule has 0 saturated carbocycles. The second kappa shape index (κ2) is 3.97. The first-order valence-electron chi connectivity index (χ1n) is 3.06. The van der Waals surface area contributed by atoms with Gasteiger partial charge in [0.25, 0.3) is 0 Å². The first-order chi connectivity index (χ1) is 4.93. The van der Waals surface area contributed by atoms with Crippen LogP contribution in [0.1, 0.15) is 0 Å². The molecule has 0 spiro atoms. The van der Waals surface area contributed by atoms with Crippen molar-refractivity contribution in [1.82, 2.24) is 10.4 Å². The number of rotatable bonds is 3. The van der Waals surface area contributed by atoms with Crippen LogP contribution in [0.25, 0.3) is 0 Å². The molecule has 56 valence electrons. The van der Waals surface area contributed by atoms with Crippen molar-refractivity contribution in [3.05, 3.63) is 0 Å². The lowest BCUT2D eigenvalue weighted by molar-refractivity contribution is 0.241. The quantitative estimate of drug-likeness (QED) is 0.521. The predicted octanol–water partition coefficient (Wildman–Crippen LogP) is -1.19. The van der Waals surface area contributed by atoms with Crippen molar-refractivity contribution >= 4 is 12.7 Å². The number of aliphatic imine (C=N–C) groups is 2. The molecule has 0 aliphatic carbocycles. The summed E-state index contributed by atoms with van der Waals surface area (Å²) in [5, 5.41) is 10.1. The van der Waals surface area contributed by atoms with Crippen LogP contribution in [-0.2, 0) is 0 Å². The average molecular weight is 142 g/mol. The van der Waals surface area contributed by atoms with Crippen LogP contribution in [0.3, 0.4) is 0 Å². The van der Waals surface area contributed by atoms with E-state index in [-0.39, 0.29) is 6.61 Å². The Bertz CT molecular complexity index is 145. The molecule has 0 fully saturated rings. The van der Waals surface area contributed by atoms with Gasteiger partial charge in [-0.25, -0.2) is 10.4 Å². The summed E-state index contributed by atoms with van der Waals surface area (Å²) in [5.74, 6) is 0. The smallest absolute Gasteiger partial charge is 0.127 e. The van der Waals surface area contributed by atoms with Gasteiger partial charge < -0.3 is 5.11 Å². The number of aliphatic hydroxyl groups is 1. The summed E-state index contributed by atoms with van der Waals surface area (Å²) in [6, 6.07) is 0. The largest absolute Gasteiger partial charge is 0.395 e. The predicted molar refractivity (Wildman–Crippen MR) is 38.8 cm³/mol. The third-order valence-electron chi connectivity index (χ3n) is 1.02. The minimum absolute atomic E-state index is 0.119. The maximum Gasteiger partial charge on any atom is 0.127 e. The van der Waals surface area contributed by atoms with Crippen LogP contribution >= 0.6 is 0 Å². The third kappa shape index (κ3) is 2.12. The van der Waals surface area contributed by atoms with Crippen LogP contribution in [0.2, 0.25) is 0 Å². The van der Waals surface area contributed by atoms with Gasteiger partial charge in [-0.1, -0.05) is 0 Å². The third-order valence-corrected chi connectivity index (χ3v) is 1.02. The highest BCUT2D eigenvalue weighted by atomic mass is 16.3. The molecule has 1 rings (SSSR count). The summed E-state index contributed by atoms with van der Waals surface area (Å²) in [6.45, 7) is 1.21. The van der Waals surface area contributed by atoms with E-state index in [0.29, 0.717) is 13.2 Å². The van der Waals surface area contributed by atoms with E-state index in [4.69, 9.17) is 5.11 Å². The Kier molecular flexibility index (Phi) is 2.85. The van der Waals surface area contributed by atoms with Crippen LogP contribution in [-0.4, -0.2) is 42.6 Å². The lowest BCUT2D eigenvalue weighted by atomic mass is 10.7. The van der Waals surface area contributed by atoms with E-state index in [2.05, 4.69) is 15.4 Å². The Balaban J connectivity index is 2.17. The van der Waals surface area contributed by atoms with Crippen LogP contribution in [0.15, 0.2) is 9.98 Å². The van der Waals surface area contributed by atoms with E-state index in [1.807, 2.05) is 0 Å². The summed E-state index contributed by atoms with van der Waals surface area (Å²) in [7, 11) is 0. The van der Waals surface area contributed by atoms with Crippen molar-refractivity contribution in [3.8, 4) is 0 Å². The molecule has 5 nitrogen and oxygen atoms in total. The fourth-order valence-corrected chi connectivity index (χ4v) is 0.603. The first-order valence-corrected chi connectivity index (χ1v) is 3.06. The zero-order chi connectivity index (χ0) is 7.23. The number of hydrogen-bond acceptors (Lipinski definition) is 5. The van der Waals surface area contributed by atoms with Crippen molar-refractivity contribution in [3.63, 3.8) is 0 Å².